The van der Waals surface area contributed by atoms with E-state index in [2.05, 4.69) is 15.6 Å². The van der Waals surface area contributed by atoms with Crippen LogP contribution < -0.4 is 21.6 Å². The third-order valence-electron chi connectivity index (χ3n) is 5.27. The van der Waals surface area contributed by atoms with Crippen molar-refractivity contribution < 1.29 is 13.6 Å². The van der Waals surface area contributed by atoms with Crippen LogP contribution >= 0.6 is 0 Å². The second-order valence-corrected chi connectivity index (χ2v) is 7.28. The van der Waals surface area contributed by atoms with Gasteiger partial charge >= 0.3 is 0 Å². The Balaban J connectivity index is 1.81. The van der Waals surface area contributed by atoms with Crippen molar-refractivity contribution in [1.82, 2.24) is 20.2 Å². The van der Waals surface area contributed by atoms with Gasteiger partial charge in [-0.05, 0) is 44.1 Å². The molecule has 0 aliphatic carbocycles. The molecule has 30 heavy (non-hydrogen) atoms. The van der Waals surface area contributed by atoms with Gasteiger partial charge in [0, 0.05) is 23.9 Å². The number of carbonyl (C=O) groups is 1. The van der Waals surface area contributed by atoms with Crippen LogP contribution in [-0.2, 0) is 6.54 Å². The molecule has 4 rings (SSSR count). The summed E-state index contributed by atoms with van der Waals surface area (Å²) in [7, 11) is 0. The van der Waals surface area contributed by atoms with Crippen molar-refractivity contribution >= 4 is 16.9 Å². The van der Waals surface area contributed by atoms with Gasteiger partial charge < -0.3 is 20.2 Å². The number of halogens is 2. The first-order valence-electron chi connectivity index (χ1n) is 9.65. The molecule has 3 N–H and O–H groups in total. The molecule has 0 atom stereocenters. The van der Waals surface area contributed by atoms with E-state index in [0.717, 1.165) is 38.1 Å². The van der Waals surface area contributed by atoms with Crippen molar-refractivity contribution in [3.05, 3.63) is 79.9 Å². The summed E-state index contributed by atoms with van der Waals surface area (Å²) in [6, 6.07) is 6.05. The van der Waals surface area contributed by atoms with Crippen molar-refractivity contribution in [2.45, 2.75) is 25.4 Å². The van der Waals surface area contributed by atoms with Crippen LogP contribution in [0, 0.1) is 11.6 Å². The summed E-state index contributed by atoms with van der Waals surface area (Å²) >= 11 is 0. The number of piperidine rings is 1. The molecule has 2 aromatic heterocycles. The molecule has 1 fully saturated rings. The number of carbonyl (C=O) groups excluding carboxylic acids is 1. The lowest BCUT2D eigenvalue weighted by atomic mass is 10.1. The van der Waals surface area contributed by atoms with E-state index in [1.54, 1.807) is 0 Å². The molecule has 1 saturated heterocycles. The van der Waals surface area contributed by atoms with E-state index in [9.17, 15) is 23.2 Å². The zero-order valence-electron chi connectivity index (χ0n) is 16.0. The highest BCUT2D eigenvalue weighted by Crippen LogP contribution is 2.17. The first kappa shape index (κ1) is 20.0. The number of hydrogen-bond acceptors (Lipinski definition) is 4. The fourth-order valence-electron chi connectivity index (χ4n) is 3.67. The Kier molecular flexibility index (Phi) is 5.45. The van der Waals surface area contributed by atoms with Gasteiger partial charge in [-0.15, -0.1) is 0 Å². The van der Waals surface area contributed by atoms with Crippen LogP contribution in [-0.4, -0.2) is 34.6 Å². The normalized spacial score (nSPS) is 14.7. The molecule has 0 unspecified atom stereocenters. The van der Waals surface area contributed by atoms with E-state index in [0.29, 0.717) is 0 Å². The zero-order chi connectivity index (χ0) is 21.3. The largest absolute Gasteiger partial charge is 0.349 e. The van der Waals surface area contributed by atoms with Crippen molar-refractivity contribution in [3.8, 4) is 0 Å². The third-order valence-corrected chi connectivity index (χ3v) is 5.27. The highest BCUT2D eigenvalue weighted by molar-refractivity contribution is 5.96. The number of hydrogen-bond donors (Lipinski definition) is 3. The molecule has 3 aromatic rings. The van der Waals surface area contributed by atoms with Gasteiger partial charge in [-0.2, -0.15) is 0 Å². The fraction of sp³-hybridized carbons (Fsp3) is 0.286. The summed E-state index contributed by atoms with van der Waals surface area (Å²) in [6.45, 7) is 1.26. The SMILES string of the molecule is O=C(NC1CCNCC1)c1cn(Cc2c(F)cccc2F)c2ccc(=O)[nH]c2c1=O. The van der Waals surface area contributed by atoms with Crippen molar-refractivity contribution in [3.63, 3.8) is 0 Å². The number of aromatic amines is 1. The Labute approximate surface area is 169 Å². The van der Waals surface area contributed by atoms with E-state index in [4.69, 9.17) is 0 Å². The fourth-order valence-corrected chi connectivity index (χ4v) is 3.67. The molecule has 156 valence electrons. The highest BCUT2D eigenvalue weighted by Gasteiger charge is 2.21. The molecule has 0 radical (unpaired) electrons. The Morgan fingerprint density at radius 1 is 1.10 bits per heavy atom. The van der Waals surface area contributed by atoms with E-state index in [1.807, 2.05) is 0 Å². The predicted octanol–water partition coefficient (Wildman–Crippen LogP) is 1.50. The summed E-state index contributed by atoms with van der Waals surface area (Å²) in [5, 5.41) is 6.03. The zero-order valence-corrected chi connectivity index (χ0v) is 16.0. The predicted molar refractivity (Wildman–Crippen MR) is 108 cm³/mol. The lowest BCUT2D eigenvalue weighted by Crippen LogP contribution is -2.44. The van der Waals surface area contributed by atoms with Gasteiger partial charge in [-0.3, -0.25) is 14.4 Å². The summed E-state index contributed by atoms with van der Waals surface area (Å²) in [5.74, 6) is -2.07. The number of fused-ring (bicyclic) bond motifs is 1. The standard InChI is InChI=1S/C21H20F2N4O3/c22-15-2-1-3-16(23)13(15)10-27-11-14(21(30)25-12-6-8-24-9-7-12)20(29)19-17(27)4-5-18(28)26-19/h1-5,11-12,24H,6-10H2,(H,25,30)(H,26,28). The number of benzene rings is 1. The van der Waals surface area contributed by atoms with Crippen LogP contribution in [0.1, 0.15) is 28.8 Å². The Morgan fingerprint density at radius 2 is 1.80 bits per heavy atom. The number of H-pyrrole nitrogens is 1. The Morgan fingerprint density at radius 3 is 2.50 bits per heavy atom. The number of pyridine rings is 2. The molecule has 1 aliphatic rings. The van der Waals surface area contributed by atoms with Crippen LogP contribution in [0.25, 0.3) is 11.0 Å². The molecule has 0 saturated carbocycles. The summed E-state index contributed by atoms with van der Waals surface area (Å²) in [4.78, 5) is 39.9. The van der Waals surface area contributed by atoms with Gasteiger partial charge in [0.05, 0.1) is 12.1 Å². The molecule has 3 heterocycles. The first-order chi connectivity index (χ1) is 14.4. The maximum atomic E-state index is 14.2. The van der Waals surface area contributed by atoms with E-state index in [-0.39, 0.29) is 34.7 Å². The minimum atomic E-state index is -0.744. The summed E-state index contributed by atoms with van der Waals surface area (Å²) in [6.07, 6.45) is 2.74. The van der Waals surface area contributed by atoms with E-state index in [1.165, 1.54) is 29.0 Å². The second kappa shape index (κ2) is 8.19. The van der Waals surface area contributed by atoms with Crippen LogP contribution in [0.3, 0.4) is 0 Å². The summed E-state index contributed by atoms with van der Waals surface area (Å²) in [5.41, 5.74) is -1.38. The molecular formula is C21H20F2N4O3. The maximum absolute atomic E-state index is 14.2. The van der Waals surface area contributed by atoms with Crippen LogP contribution in [0.15, 0.2) is 46.1 Å². The monoisotopic (exact) mass is 414 g/mol. The molecule has 9 heteroatoms. The lowest BCUT2D eigenvalue weighted by Gasteiger charge is -2.23. The lowest BCUT2D eigenvalue weighted by molar-refractivity contribution is 0.0928. The minimum Gasteiger partial charge on any atom is -0.349 e. The molecule has 0 spiro atoms. The van der Waals surface area contributed by atoms with Crippen molar-refractivity contribution in [2.24, 2.45) is 0 Å². The number of nitrogens with one attached hydrogen (secondary N) is 3. The van der Waals surface area contributed by atoms with Gasteiger partial charge in [-0.25, -0.2) is 8.78 Å². The number of rotatable bonds is 4. The molecule has 1 aliphatic heterocycles. The smallest absolute Gasteiger partial charge is 0.257 e. The quantitative estimate of drug-likeness (QED) is 0.603. The average molecular weight is 414 g/mol. The molecule has 1 amide bonds. The van der Waals surface area contributed by atoms with Gasteiger partial charge in [0.15, 0.2) is 0 Å². The van der Waals surface area contributed by atoms with Gasteiger partial charge in [-0.1, -0.05) is 6.07 Å². The maximum Gasteiger partial charge on any atom is 0.257 e. The van der Waals surface area contributed by atoms with Gasteiger partial charge in [0.2, 0.25) is 11.0 Å². The first-order valence-corrected chi connectivity index (χ1v) is 9.65. The van der Waals surface area contributed by atoms with Crippen molar-refractivity contribution in [1.29, 1.82) is 0 Å². The van der Waals surface area contributed by atoms with Crippen LogP contribution in [0.5, 0.6) is 0 Å². The number of nitrogens with zero attached hydrogens (tertiary/aromatic N) is 1. The molecule has 0 bridgehead atoms. The van der Waals surface area contributed by atoms with Gasteiger partial charge in [0.1, 0.15) is 22.7 Å². The topological polar surface area (TPSA) is 96.0 Å². The minimum absolute atomic E-state index is 0.0823. The van der Waals surface area contributed by atoms with E-state index >= 15 is 0 Å². The van der Waals surface area contributed by atoms with Gasteiger partial charge in [0.25, 0.3) is 5.91 Å². The molecule has 1 aromatic carbocycles. The third kappa shape index (κ3) is 3.88. The molecular weight excluding hydrogens is 394 g/mol. The summed E-state index contributed by atoms with van der Waals surface area (Å²) < 4.78 is 29.8. The van der Waals surface area contributed by atoms with E-state index < -0.39 is 28.5 Å². The Hall–Kier alpha value is -3.33. The highest BCUT2D eigenvalue weighted by atomic mass is 19.1. The average Bonchev–Trinajstić information content (AvgIpc) is 2.73. The van der Waals surface area contributed by atoms with Crippen LogP contribution in [0.4, 0.5) is 8.78 Å². The van der Waals surface area contributed by atoms with Crippen LogP contribution in [0.2, 0.25) is 0 Å². The Bertz CT molecular complexity index is 1210. The second-order valence-electron chi connectivity index (χ2n) is 7.28. The van der Waals surface area contributed by atoms with Crippen molar-refractivity contribution in [2.75, 3.05) is 13.1 Å². The number of amides is 1. The molecule has 7 nitrogen and oxygen atoms in total. The number of aromatic nitrogens is 2.